The van der Waals surface area contributed by atoms with E-state index in [0.717, 1.165) is 5.56 Å². The fourth-order valence-corrected chi connectivity index (χ4v) is 1.24. The van der Waals surface area contributed by atoms with E-state index in [1.165, 1.54) is 6.08 Å². The quantitative estimate of drug-likeness (QED) is 0.469. The molecule has 0 saturated carbocycles. The normalized spacial score (nSPS) is 11.1. The lowest BCUT2D eigenvalue weighted by molar-refractivity contribution is -0.137. The highest BCUT2D eigenvalue weighted by molar-refractivity contribution is 7.90. The zero-order chi connectivity index (χ0) is 10.4. The zero-order valence-electron chi connectivity index (χ0n) is 7.93. The SMILES string of the molecule is CCOC(=O)C=C(S)c1ccccc1. The lowest BCUT2D eigenvalue weighted by atomic mass is 10.2. The standard InChI is InChI=1S/C11H12O2S/c1-2-13-11(12)8-10(14)9-6-4-3-5-7-9/h3-8,14H,2H2,1H3. The predicted octanol–water partition coefficient (Wildman–Crippen LogP) is 2.52. The first-order valence-electron chi connectivity index (χ1n) is 4.37. The van der Waals surface area contributed by atoms with Gasteiger partial charge < -0.3 is 4.74 Å². The molecule has 1 rings (SSSR count). The molecule has 0 aliphatic rings. The van der Waals surface area contributed by atoms with Crippen LogP contribution in [0.1, 0.15) is 12.5 Å². The molecule has 0 unspecified atom stereocenters. The van der Waals surface area contributed by atoms with Crippen LogP contribution in [0.4, 0.5) is 0 Å². The van der Waals surface area contributed by atoms with Crippen LogP contribution in [0.3, 0.4) is 0 Å². The van der Waals surface area contributed by atoms with Gasteiger partial charge in [0.25, 0.3) is 0 Å². The van der Waals surface area contributed by atoms with Crippen LogP contribution in [0.5, 0.6) is 0 Å². The third-order valence-electron chi connectivity index (χ3n) is 1.61. The van der Waals surface area contributed by atoms with E-state index in [9.17, 15) is 4.79 Å². The number of carbonyl (C=O) groups is 1. The smallest absolute Gasteiger partial charge is 0.331 e. The van der Waals surface area contributed by atoms with Gasteiger partial charge in [-0.1, -0.05) is 30.3 Å². The van der Waals surface area contributed by atoms with E-state index in [1.54, 1.807) is 6.92 Å². The first-order chi connectivity index (χ1) is 6.74. The molecule has 0 heterocycles. The minimum absolute atomic E-state index is 0.360. The van der Waals surface area contributed by atoms with Gasteiger partial charge in [-0.2, -0.15) is 0 Å². The van der Waals surface area contributed by atoms with Gasteiger partial charge in [-0.3, -0.25) is 0 Å². The summed E-state index contributed by atoms with van der Waals surface area (Å²) in [5.74, 6) is -0.360. The van der Waals surface area contributed by atoms with Crippen molar-refractivity contribution in [3.05, 3.63) is 42.0 Å². The maximum atomic E-state index is 11.1. The Morgan fingerprint density at radius 3 is 2.64 bits per heavy atom. The van der Waals surface area contributed by atoms with Crippen molar-refractivity contribution in [2.45, 2.75) is 6.92 Å². The van der Waals surface area contributed by atoms with Gasteiger partial charge in [-0.05, 0) is 12.5 Å². The highest BCUT2D eigenvalue weighted by Crippen LogP contribution is 2.17. The second-order valence-corrected chi connectivity index (χ2v) is 3.13. The summed E-state index contributed by atoms with van der Waals surface area (Å²) in [7, 11) is 0. The molecular formula is C11H12O2S. The van der Waals surface area contributed by atoms with E-state index in [1.807, 2.05) is 30.3 Å². The molecule has 0 saturated heterocycles. The van der Waals surface area contributed by atoms with Crippen molar-refractivity contribution in [2.24, 2.45) is 0 Å². The third-order valence-corrected chi connectivity index (χ3v) is 2.00. The van der Waals surface area contributed by atoms with E-state index in [0.29, 0.717) is 11.5 Å². The summed E-state index contributed by atoms with van der Waals surface area (Å²) in [6.45, 7) is 2.15. The molecule has 3 heteroatoms. The van der Waals surface area contributed by atoms with Crippen LogP contribution < -0.4 is 0 Å². The lowest BCUT2D eigenvalue weighted by Crippen LogP contribution is -1.99. The fourth-order valence-electron chi connectivity index (χ4n) is 0.988. The van der Waals surface area contributed by atoms with E-state index >= 15 is 0 Å². The number of esters is 1. The second-order valence-electron chi connectivity index (χ2n) is 2.65. The lowest BCUT2D eigenvalue weighted by Gasteiger charge is -2.00. The average molecular weight is 208 g/mol. The van der Waals surface area contributed by atoms with Crippen LogP contribution in [0.25, 0.3) is 4.91 Å². The molecule has 0 spiro atoms. The van der Waals surface area contributed by atoms with Crippen molar-refractivity contribution < 1.29 is 9.53 Å². The van der Waals surface area contributed by atoms with Crippen molar-refractivity contribution >= 4 is 23.5 Å². The first-order valence-corrected chi connectivity index (χ1v) is 4.81. The zero-order valence-corrected chi connectivity index (χ0v) is 8.83. The molecule has 0 N–H and O–H groups in total. The van der Waals surface area contributed by atoms with Crippen molar-refractivity contribution in [2.75, 3.05) is 6.61 Å². The van der Waals surface area contributed by atoms with Crippen molar-refractivity contribution in [3.63, 3.8) is 0 Å². The summed E-state index contributed by atoms with van der Waals surface area (Å²) < 4.78 is 4.77. The van der Waals surface area contributed by atoms with Gasteiger partial charge in [0, 0.05) is 11.0 Å². The Kier molecular flexibility index (Phi) is 4.26. The summed E-state index contributed by atoms with van der Waals surface area (Å²) >= 11 is 4.21. The molecule has 74 valence electrons. The van der Waals surface area contributed by atoms with E-state index in [2.05, 4.69) is 12.6 Å². The minimum Gasteiger partial charge on any atom is -0.463 e. The molecule has 0 aliphatic heterocycles. The van der Waals surface area contributed by atoms with Gasteiger partial charge in [0.05, 0.1) is 6.61 Å². The predicted molar refractivity (Wildman–Crippen MR) is 60.0 cm³/mol. The van der Waals surface area contributed by atoms with Gasteiger partial charge in [-0.25, -0.2) is 4.79 Å². The van der Waals surface area contributed by atoms with Crippen LogP contribution in [0, 0.1) is 0 Å². The molecule has 1 aromatic carbocycles. The van der Waals surface area contributed by atoms with Gasteiger partial charge >= 0.3 is 5.97 Å². The van der Waals surface area contributed by atoms with Gasteiger partial charge in [0.15, 0.2) is 0 Å². The van der Waals surface area contributed by atoms with Crippen LogP contribution in [-0.4, -0.2) is 12.6 Å². The van der Waals surface area contributed by atoms with Crippen LogP contribution in [0.15, 0.2) is 36.4 Å². The molecule has 1 aromatic rings. The Labute approximate surface area is 89.0 Å². The molecule has 0 amide bonds. The molecule has 0 bridgehead atoms. The molecule has 0 aliphatic carbocycles. The fraction of sp³-hybridized carbons (Fsp3) is 0.182. The Morgan fingerprint density at radius 1 is 1.43 bits per heavy atom. The first kappa shape index (κ1) is 10.9. The maximum Gasteiger partial charge on any atom is 0.331 e. The van der Waals surface area contributed by atoms with Crippen molar-refractivity contribution in [1.82, 2.24) is 0 Å². The van der Waals surface area contributed by atoms with Gasteiger partial charge in [0.2, 0.25) is 0 Å². The van der Waals surface area contributed by atoms with E-state index in [-0.39, 0.29) is 5.97 Å². The summed E-state index contributed by atoms with van der Waals surface area (Å²) in [6, 6.07) is 9.47. The number of carbonyl (C=O) groups excluding carboxylic acids is 1. The molecule has 0 aromatic heterocycles. The van der Waals surface area contributed by atoms with Crippen molar-refractivity contribution in [1.29, 1.82) is 0 Å². The number of hydrogen-bond donors (Lipinski definition) is 1. The number of thiol groups is 1. The summed E-state index contributed by atoms with van der Waals surface area (Å²) in [6.07, 6.45) is 1.38. The van der Waals surface area contributed by atoms with Gasteiger partial charge in [-0.15, -0.1) is 12.6 Å². The number of ether oxygens (including phenoxy) is 1. The van der Waals surface area contributed by atoms with E-state index in [4.69, 9.17) is 4.74 Å². The maximum absolute atomic E-state index is 11.1. The third kappa shape index (κ3) is 3.26. The number of hydrogen-bond acceptors (Lipinski definition) is 3. The summed E-state index contributed by atoms with van der Waals surface area (Å²) in [5, 5.41) is 0. The highest BCUT2D eigenvalue weighted by Gasteiger charge is 2.00. The summed E-state index contributed by atoms with van der Waals surface area (Å²) in [4.78, 5) is 11.7. The second kappa shape index (κ2) is 5.50. The van der Waals surface area contributed by atoms with Crippen LogP contribution in [-0.2, 0) is 9.53 Å². The average Bonchev–Trinajstić information content (AvgIpc) is 2.19. The molecular weight excluding hydrogens is 196 g/mol. The largest absolute Gasteiger partial charge is 0.463 e. The Balaban J connectivity index is 2.75. The van der Waals surface area contributed by atoms with Crippen LogP contribution in [0.2, 0.25) is 0 Å². The summed E-state index contributed by atoms with van der Waals surface area (Å²) in [5.41, 5.74) is 0.906. The molecule has 0 radical (unpaired) electrons. The number of rotatable bonds is 3. The topological polar surface area (TPSA) is 26.3 Å². The highest BCUT2D eigenvalue weighted by atomic mass is 32.1. The molecule has 0 atom stereocenters. The number of benzene rings is 1. The van der Waals surface area contributed by atoms with Crippen molar-refractivity contribution in [3.8, 4) is 0 Å². The molecule has 2 nitrogen and oxygen atoms in total. The van der Waals surface area contributed by atoms with E-state index < -0.39 is 0 Å². The Hall–Kier alpha value is -1.22. The Morgan fingerprint density at radius 2 is 2.07 bits per heavy atom. The Bertz CT molecular complexity index is 330. The van der Waals surface area contributed by atoms with Crippen LogP contribution >= 0.6 is 12.6 Å². The van der Waals surface area contributed by atoms with Gasteiger partial charge in [0.1, 0.15) is 0 Å². The monoisotopic (exact) mass is 208 g/mol. The minimum atomic E-state index is -0.360. The molecule has 14 heavy (non-hydrogen) atoms. The molecule has 0 fully saturated rings.